The molecule has 1 atom stereocenters. The Morgan fingerprint density at radius 3 is 3.18 bits per heavy atom. The van der Waals surface area contributed by atoms with Crippen LogP contribution in [0.5, 0.6) is 0 Å². The average Bonchev–Trinajstić information content (AvgIpc) is 2.80. The number of rotatable bonds is 4. The minimum Gasteiger partial charge on any atom is -0.369 e. The summed E-state index contributed by atoms with van der Waals surface area (Å²) in [5, 5.41) is 14.6. The Bertz CT molecular complexity index is 419. The summed E-state index contributed by atoms with van der Waals surface area (Å²) in [6.07, 6.45) is 4.02. The van der Waals surface area contributed by atoms with Gasteiger partial charge in [-0.1, -0.05) is 0 Å². The first-order valence-electron chi connectivity index (χ1n) is 5.63. The summed E-state index contributed by atoms with van der Waals surface area (Å²) in [5.41, 5.74) is 0.720. The van der Waals surface area contributed by atoms with Crippen LogP contribution in [0.25, 0.3) is 0 Å². The first-order chi connectivity index (χ1) is 8.16. The second-order valence-electron chi connectivity index (χ2n) is 4.13. The number of hydrogen-bond acceptors (Lipinski definition) is 5. The quantitative estimate of drug-likeness (QED) is 0.660. The first-order valence-corrected chi connectivity index (χ1v) is 6.68. The van der Waals surface area contributed by atoms with E-state index in [4.69, 9.17) is 0 Å². The predicted octanol–water partition coefficient (Wildman–Crippen LogP) is 2.61. The van der Waals surface area contributed by atoms with E-state index in [1.807, 2.05) is 11.8 Å². The van der Waals surface area contributed by atoms with E-state index in [2.05, 4.69) is 10.3 Å². The minimum absolute atomic E-state index is 0.126. The van der Waals surface area contributed by atoms with Crippen LogP contribution in [0.1, 0.15) is 18.4 Å². The zero-order valence-electron chi connectivity index (χ0n) is 9.68. The molecule has 1 aliphatic rings. The van der Waals surface area contributed by atoms with Crippen molar-refractivity contribution in [3.8, 4) is 0 Å². The lowest BCUT2D eigenvalue weighted by molar-refractivity contribution is -0.385. The van der Waals surface area contributed by atoms with Crippen molar-refractivity contribution in [2.45, 2.75) is 25.0 Å². The SMILES string of the molecule is Cc1cnc(NCC2CCCS2)cc1[N+](=O)[O-]. The molecule has 2 rings (SSSR count). The van der Waals surface area contributed by atoms with Gasteiger partial charge in [-0.25, -0.2) is 4.98 Å². The number of anilines is 1. The summed E-state index contributed by atoms with van der Waals surface area (Å²) in [7, 11) is 0. The van der Waals surface area contributed by atoms with Crippen LogP contribution in [0, 0.1) is 17.0 Å². The van der Waals surface area contributed by atoms with Crippen LogP contribution < -0.4 is 5.32 Å². The molecule has 1 fully saturated rings. The van der Waals surface area contributed by atoms with Crippen molar-refractivity contribution in [3.63, 3.8) is 0 Å². The lowest BCUT2D eigenvalue weighted by atomic mass is 10.2. The monoisotopic (exact) mass is 253 g/mol. The van der Waals surface area contributed by atoms with Gasteiger partial charge in [0, 0.05) is 23.6 Å². The van der Waals surface area contributed by atoms with Gasteiger partial charge in [-0.15, -0.1) is 0 Å². The standard InChI is InChI=1S/C11H15N3O2S/c1-8-6-12-11(5-10(8)14(15)16)13-7-9-3-2-4-17-9/h5-6,9H,2-4,7H2,1H3,(H,12,13). The summed E-state index contributed by atoms with van der Waals surface area (Å²) < 4.78 is 0. The van der Waals surface area contributed by atoms with Gasteiger partial charge < -0.3 is 5.32 Å². The number of aromatic nitrogens is 1. The highest BCUT2D eigenvalue weighted by molar-refractivity contribution is 8.00. The molecule has 0 bridgehead atoms. The minimum atomic E-state index is -0.369. The fraction of sp³-hybridized carbons (Fsp3) is 0.545. The Morgan fingerprint density at radius 2 is 2.53 bits per heavy atom. The molecule has 0 spiro atoms. The summed E-state index contributed by atoms with van der Waals surface area (Å²) in [6, 6.07) is 1.51. The van der Waals surface area contributed by atoms with Gasteiger partial charge in [-0.05, 0) is 25.5 Å². The van der Waals surface area contributed by atoms with Crippen LogP contribution in [-0.4, -0.2) is 27.5 Å². The van der Waals surface area contributed by atoms with Crippen LogP contribution in [-0.2, 0) is 0 Å². The lowest BCUT2D eigenvalue weighted by Crippen LogP contribution is -2.14. The molecule has 1 aromatic rings. The Balaban J connectivity index is 2.00. The van der Waals surface area contributed by atoms with Crippen LogP contribution in [0.3, 0.4) is 0 Å². The molecule has 0 amide bonds. The van der Waals surface area contributed by atoms with Gasteiger partial charge in [0.15, 0.2) is 0 Å². The zero-order valence-corrected chi connectivity index (χ0v) is 10.5. The summed E-state index contributed by atoms with van der Waals surface area (Å²) in [5.74, 6) is 1.81. The smallest absolute Gasteiger partial charge is 0.277 e. The molecule has 92 valence electrons. The highest BCUT2D eigenvalue weighted by Gasteiger charge is 2.16. The van der Waals surface area contributed by atoms with E-state index in [0.29, 0.717) is 16.6 Å². The number of pyridine rings is 1. The maximum Gasteiger partial charge on any atom is 0.277 e. The number of nitrogens with one attached hydrogen (secondary N) is 1. The molecule has 2 heterocycles. The Kier molecular flexibility index (Phi) is 3.83. The van der Waals surface area contributed by atoms with Gasteiger partial charge in [0.25, 0.3) is 5.69 Å². The zero-order chi connectivity index (χ0) is 12.3. The third-order valence-corrected chi connectivity index (χ3v) is 4.20. The molecular formula is C11H15N3O2S. The number of aryl methyl sites for hydroxylation is 1. The van der Waals surface area contributed by atoms with Gasteiger partial charge in [0.1, 0.15) is 5.82 Å². The van der Waals surface area contributed by atoms with Crippen LogP contribution in [0.15, 0.2) is 12.3 Å². The third-order valence-electron chi connectivity index (χ3n) is 2.81. The Hall–Kier alpha value is -1.30. The maximum atomic E-state index is 10.8. The summed E-state index contributed by atoms with van der Waals surface area (Å²) >= 11 is 1.95. The molecule has 1 saturated heterocycles. The largest absolute Gasteiger partial charge is 0.369 e. The fourth-order valence-electron chi connectivity index (χ4n) is 1.83. The topological polar surface area (TPSA) is 68.1 Å². The van der Waals surface area contributed by atoms with E-state index >= 15 is 0 Å². The molecule has 1 N–H and O–H groups in total. The molecule has 17 heavy (non-hydrogen) atoms. The molecule has 5 nitrogen and oxygen atoms in total. The van der Waals surface area contributed by atoms with Crippen molar-refractivity contribution in [3.05, 3.63) is 27.9 Å². The van der Waals surface area contributed by atoms with Crippen molar-refractivity contribution < 1.29 is 4.92 Å². The van der Waals surface area contributed by atoms with Crippen LogP contribution in [0.2, 0.25) is 0 Å². The molecule has 1 unspecified atom stereocenters. The molecule has 1 aromatic heterocycles. The van der Waals surface area contributed by atoms with E-state index in [1.165, 1.54) is 24.7 Å². The Morgan fingerprint density at radius 1 is 1.71 bits per heavy atom. The van der Waals surface area contributed by atoms with Crippen molar-refractivity contribution in [2.24, 2.45) is 0 Å². The van der Waals surface area contributed by atoms with Gasteiger partial charge in [-0.2, -0.15) is 11.8 Å². The van der Waals surface area contributed by atoms with Gasteiger partial charge in [0.05, 0.1) is 11.0 Å². The van der Waals surface area contributed by atoms with Crippen molar-refractivity contribution in [2.75, 3.05) is 17.6 Å². The summed E-state index contributed by atoms with van der Waals surface area (Å²) in [6.45, 7) is 2.53. The Labute approximate surface area is 104 Å². The first kappa shape index (κ1) is 12.2. The molecule has 0 aromatic carbocycles. The van der Waals surface area contributed by atoms with E-state index in [9.17, 15) is 10.1 Å². The van der Waals surface area contributed by atoms with E-state index < -0.39 is 0 Å². The number of thioether (sulfide) groups is 1. The fourth-order valence-corrected chi connectivity index (χ4v) is 3.03. The van der Waals surface area contributed by atoms with Crippen molar-refractivity contribution in [1.82, 2.24) is 4.98 Å². The van der Waals surface area contributed by atoms with Gasteiger partial charge >= 0.3 is 0 Å². The second-order valence-corrected chi connectivity index (χ2v) is 5.54. The normalized spacial score (nSPS) is 19.2. The van der Waals surface area contributed by atoms with Crippen molar-refractivity contribution >= 4 is 23.3 Å². The maximum absolute atomic E-state index is 10.8. The third kappa shape index (κ3) is 3.09. The number of nitrogens with zero attached hydrogens (tertiary/aromatic N) is 2. The number of nitro groups is 1. The molecular weight excluding hydrogens is 238 g/mol. The van der Waals surface area contributed by atoms with E-state index in [-0.39, 0.29) is 10.6 Å². The van der Waals surface area contributed by atoms with Crippen molar-refractivity contribution in [1.29, 1.82) is 0 Å². The predicted molar refractivity (Wildman–Crippen MR) is 69.6 cm³/mol. The highest BCUT2D eigenvalue weighted by Crippen LogP contribution is 2.26. The molecule has 1 aliphatic heterocycles. The van der Waals surface area contributed by atoms with Crippen LogP contribution >= 0.6 is 11.8 Å². The van der Waals surface area contributed by atoms with E-state index in [1.54, 1.807) is 13.1 Å². The lowest BCUT2D eigenvalue weighted by Gasteiger charge is -2.10. The van der Waals surface area contributed by atoms with Gasteiger partial charge in [-0.3, -0.25) is 10.1 Å². The molecule has 0 aliphatic carbocycles. The average molecular weight is 253 g/mol. The molecule has 6 heteroatoms. The van der Waals surface area contributed by atoms with E-state index in [0.717, 1.165) is 6.54 Å². The molecule has 0 radical (unpaired) electrons. The highest BCUT2D eigenvalue weighted by atomic mass is 32.2. The van der Waals surface area contributed by atoms with Crippen LogP contribution in [0.4, 0.5) is 11.5 Å². The number of hydrogen-bond donors (Lipinski definition) is 1. The van der Waals surface area contributed by atoms with Gasteiger partial charge in [0.2, 0.25) is 0 Å². The molecule has 0 saturated carbocycles. The second kappa shape index (κ2) is 5.35. The summed E-state index contributed by atoms with van der Waals surface area (Å²) in [4.78, 5) is 14.6.